The lowest BCUT2D eigenvalue weighted by atomic mass is 10.1. The fourth-order valence-electron chi connectivity index (χ4n) is 3.56. The molecule has 2 aromatic carbocycles. The molecule has 0 fully saturated rings. The second kappa shape index (κ2) is 16.6. The average Bonchev–Trinajstić information content (AvgIpc) is 2.92. The number of rotatable bonds is 14. The van der Waals surface area contributed by atoms with Crippen LogP contribution in [0.4, 0.5) is 5.69 Å². The molecule has 0 spiro atoms. The van der Waals surface area contributed by atoms with Crippen molar-refractivity contribution in [2.75, 3.05) is 53.3 Å². The highest BCUT2D eigenvalue weighted by Gasteiger charge is 2.05. The van der Waals surface area contributed by atoms with Gasteiger partial charge in [0.1, 0.15) is 11.5 Å². The summed E-state index contributed by atoms with van der Waals surface area (Å²) in [5.41, 5.74) is 2.98. The number of hydrogen-bond donors (Lipinski definition) is 3. The molecule has 2 rings (SSSR count). The van der Waals surface area contributed by atoms with E-state index in [9.17, 15) is 4.79 Å². The lowest BCUT2D eigenvalue weighted by molar-refractivity contribution is -0.120. The highest BCUT2D eigenvalue weighted by atomic mass is 16.5. The number of nitrogens with zero attached hydrogens (tertiary/aromatic N) is 3. The van der Waals surface area contributed by atoms with Crippen LogP contribution in [0.3, 0.4) is 0 Å². The maximum atomic E-state index is 12.1. The van der Waals surface area contributed by atoms with Crippen molar-refractivity contribution >= 4 is 23.6 Å². The highest BCUT2D eigenvalue weighted by Crippen LogP contribution is 2.22. The third-order valence-corrected chi connectivity index (χ3v) is 5.67. The van der Waals surface area contributed by atoms with Crippen molar-refractivity contribution < 1.29 is 14.3 Å². The highest BCUT2D eigenvalue weighted by molar-refractivity contribution is 5.94. The van der Waals surface area contributed by atoms with Gasteiger partial charge in [0.2, 0.25) is 11.9 Å². The zero-order valence-corrected chi connectivity index (χ0v) is 22.2. The van der Waals surface area contributed by atoms with Gasteiger partial charge in [0, 0.05) is 38.3 Å². The predicted octanol–water partition coefficient (Wildman–Crippen LogP) is 3.65. The molecule has 0 atom stereocenters. The molecular formula is C28H38N6O3. The first kappa shape index (κ1) is 29.2. The molecule has 0 aliphatic rings. The molecule has 0 aliphatic carbocycles. The Balaban J connectivity index is 1.60. The van der Waals surface area contributed by atoms with Crippen LogP contribution in [0, 0.1) is 11.5 Å². The Bertz CT molecular complexity index is 1050. The van der Waals surface area contributed by atoms with Crippen LogP contribution in [0.2, 0.25) is 0 Å². The standard InChI is InChI=1S/C28H38N6O3/c1-30-28(32-21-29)33-24-12-10-22(11-13-24)8-7-9-27(35)31-15-5-6-16-34(2)17-14-23-18-25(36-3)20-26(19-23)37-4/h7-8,10-13,18-20H,5-6,9,14-17H2,1-4H3,(H,31,35)(H2,30,32,33). The number of likely N-dealkylation sites (N-methyl/N-ethyl adjacent to an activating group) is 1. The lowest BCUT2D eigenvalue weighted by Gasteiger charge is -2.17. The number of nitrogens with one attached hydrogen (secondary N) is 3. The summed E-state index contributed by atoms with van der Waals surface area (Å²) < 4.78 is 10.7. The molecule has 0 aliphatic heterocycles. The van der Waals surface area contributed by atoms with Gasteiger partial charge in [-0.2, -0.15) is 5.26 Å². The number of unbranched alkanes of at least 4 members (excludes halogenated alkanes) is 1. The van der Waals surface area contributed by atoms with Crippen molar-refractivity contribution in [3.05, 3.63) is 59.7 Å². The monoisotopic (exact) mass is 506 g/mol. The Kier molecular flexibility index (Phi) is 13.1. The number of hydrogen-bond acceptors (Lipinski definition) is 6. The zero-order chi connectivity index (χ0) is 26.9. The number of nitriles is 1. The first-order chi connectivity index (χ1) is 18.0. The minimum absolute atomic E-state index is 0.0150. The zero-order valence-electron chi connectivity index (χ0n) is 22.2. The fraction of sp³-hybridized carbons (Fsp3) is 0.393. The van der Waals surface area contributed by atoms with Crippen LogP contribution in [-0.2, 0) is 11.2 Å². The largest absolute Gasteiger partial charge is 0.497 e. The van der Waals surface area contributed by atoms with Gasteiger partial charge in [-0.25, -0.2) is 0 Å². The Morgan fingerprint density at radius 2 is 1.78 bits per heavy atom. The maximum absolute atomic E-state index is 12.1. The molecule has 2 aromatic rings. The second-order valence-electron chi connectivity index (χ2n) is 8.49. The van der Waals surface area contributed by atoms with E-state index >= 15 is 0 Å². The molecule has 0 heterocycles. The molecule has 0 saturated carbocycles. The van der Waals surface area contributed by atoms with Gasteiger partial charge in [-0.1, -0.05) is 24.3 Å². The number of carbonyl (C=O) groups is 1. The van der Waals surface area contributed by atoms with Gasteiger partial charge in [0.15, 0.2) is 6.19 Å². The Hall–Kier alpha value is -4.03. The number of carbonyl (C=O) groups excluding carboxylic acids is 1. The van der Waals surface area contributed by atoms with Gasteiger partial charge in [-0.3, -0.25) is 15.1 Å². The summed E-state index contributed by atoms with van der Waals surface area (Å²) in [5.74, 6) is 2.00. The third kappa shape index (κ3) is 11.5. The summed E-state index contributed by atoms with van der Waals surface area (Å²) in [5, 5.41) is 17.1. The minimum Gasteiger partial charge on any atom is -0.497 e. The van der Waals surface area contributed by atoms with E-state index in [2.05, 4.69) is 32.9 Å². The SMILES string of the molecule is CN=C(NC#N)Nc1ccc(C=CCC(=O)NCCCCN(C)CCc2cc(OC)cc(OC)c2)cc1. The number of amides is 1. The minimum atomic E-state index is 0.0150. The van der Waals surface area contributed by atoms with Gasteiger partial charge < -0.3 is 25.0 Å². The summed E-state index contributed by atoms with van der Waals surface area (Å²) in [7, 11) is 7.03. The molecule has 0 bridgehead atoms. The smallest absolute Gasteiger partial charge is 0.223 e. The second-order valence-corrected chi connectivity index (χ2v) is 8.49. The topological polar surface area (TPSA) is 111 Å². The lowest BCUT2D eigenvalue weighted by Crippen LogP contribution is -2.26. The number of ether oxygens (including phenoxy) is 2. The van der Waals surface area contributed by atoms with E-state index in [0.29, 0.717) is 18.9 Å². The summed E-state index contributed by atoms with van der Waals surface area (Å²) in [6, 6.07) is 13.6. The van der Waals surface area contributed by atoms with Gasteiger partial charge >= 0.3 is 0 Å². The molecule has 9 heteroatoms. The Morgan fingerprint density at radius 3 is 2.41 bits per heavy atom. The van der Waals surface area contributed by atoms with Crippen LogP contribution in [0.1, 0.15) is 30.4 Å². The van der Waals surface area contributed by atoms with Crippen LogP contribution in [0.15, 0.2) is 53.5 Å². The van der Waals surface area contributed by atoms with E-state index in [1.54, 1.807) is 21.3 Å². The normalized spacial score (nSPS) is 11.3. The van der Waals surface area contributed by atoms with Gasteiger partial charge in [0.05, 0.1) is 14.2 Å². The van der Waals surface area contributed by atoms with Crippen LogP contribution >= 0.6 is 0 Å². The number of benzene rings is 2. The van der Waals surface area contributed by atoms with E-state index < -0.39 is 0 Å². The van der Waals surface area contributed by atoms with E-state index in [4.69, 9.17) is 14.7 Å². The first-order valence-corrected chi connectivity index (χ1v) is 12.3. The van der Waals surface area contributed by atoms with Crippen molar-refractivity contribution in [3.63, 3.8) is 0 Å². The van der Waals surface area contributed by atoms with E-state index in [1.165, 1.54) is 5.56 Å². The molecule has 37 heavy (non-hydrogen) atoms. The van der Waals surface area contributed by atoms with Crippen LogP contribution in [0.5, 0.6) is 11.5 Å². The molecule has 3 N–H and O–H groups in total. The van der Waals surface area contributed by atoms with Crippen LogP contribution < -0.4 is 25.4 Å². The molecular weight excluding hydrogens is 468 g/mol. The third-order valence-electron chi connectivity index (χ3n) is 5.67. The van der Waals surface area contributed by atoms with Crippen molar-refractivity contribution in [2.24, 2.45) is 4.99 Å². The van der Waals surface area contributed by atoms with Crippen molar-refractivity contribution in [3.8, 4) is 17.7 Å². The summed E-state index contributed by atoms with van der Waals surface area (Å²) in [6.07, 6.45) is 8.81. The van der Waals surface area contributed by atoms with Crippen LogP contribution in [0.25, 0.3) is 6.08 Å². The molecule has 0 saturated heterocycles. The molecule has 0 radical (unpaired) electrons. The number of anilines is 1. The molecule has 0 aromatic heterocycles. The number of guanidine groups is 1. The van der Waals surface area contributed by atoms with Gasteiger partial charge in [0.25, 0.3) is 0 Å². The van der Waals surface area contributed by atoms with Crippen molar-refractivity contribution in [1.82, 2.24) is 15.5 Å². The number of methoxy groups -OCH3 is 2. The fourth-order valence-corrected chi connectivity index (χ4v) is 3.56. The molecule has 1 amide bonds. The first-order valence-electron chi connectivity index (χ1n) is 12.3. The molecule has 9 nitrogen and oxygen atoms in total. The van der Waals surface area contributed by atoms with Gasteiger partial charge in [-0.05, 0) is 68.2 Å². The number of aliphatic imine (C=N–C) groups is 1. The predicted molar refractivity (Wildman–Crippen MR) is 149 cm³/mol. The Labute approximate surface area is 220 Å². The van der Waals surface area contributed by atoms with E-state index in [1.807, 2.05) is 60.8 Å². The molecule has 0 unspecified atom stereocenters. The van der Waals surface area contributed by atoms with Crippen molar-refractivity contribution in [1.29, 1.82) is 5.26 Å². The Morgan fingerprint density at radius 1 is 1.08 bits per heavy atom. The average molecular weight is 507 g/mol. The maximum Gasteiger partial charge on any atom is 0.223 e. The summed E-state index contributed by atoms with van der Waals surface area (Å²) in [4.78, 5) is 18.4. The van der Waals surface area contributed by atoms with Crippen molar-refractivity contribution in [2.45, 2.75) is 25.7 Å². The van der Waals surface area contributed by atoms with Gasteiger partial charge in [-0.15, -0.1) is 0 Å². The summed E-state index contributed by atoms with van der Waals surface area (Å²) >= 11 is 0. The van der Waals surface area contributed by atoms with E-state index in [-0.39, 0.29) is 5.91 Å². The molecule has 198 valence electrons. The van der Waals surface area contributed by atoms with E-state index in [0.717, 1.165) is 55.1 Å². The van der Waals surface area contributed by atoms with Crippen LogP contribution in [-0.4, -0.2) is 64.7 Å². The quantitative estimate of drug-likeness (QED) is 0.118. The summed E-state index contributed by atoms with van der Waals surface area (Å²) in [6.45, 7) is 2.58.